The summed E-state index contributed by atoms with van der Waals surface area (Å²) in [5.74, 6) is 0.539. The molecule has 1 unspecified atom stereocenters. The highest BCUT2D eigenvalue weighted by Crippen LogP contribution is 2.20. The van der Waals surface area contributed by atoms with Gasteiger partial charge in [0.15, 0.2) is 0 Å². The normalized spacial score (nSPS) is 13.0. The zero-order chi connectivity index (χ0) is 12.7. The van der Waals surface area contributed by atoms with E-state index < -0.39 is 0 Å². The fraction of sp³-hybridized carbons (Fsp3) is 0.600. The Morgan fingerprint density at radius 1 is 1.29 bits per heavy atom. The third-order valence-electron chi connectivity index (χ3n) is 2.96. The Kier molecular flexibility index (Phi) is 6.23. The van der Waals surface area contributed by atoms with Gasteiger partial charge in [-0.25, -0.2) is 0 Å². The number of nitrogens with one attached hydrogen (secondary N) is 1. The molecule has 0 radical (unpaired) electrons. The highest BCUT2D eigenvalue weighted by molar-refractivity contribution is 5.25. The molecule has 17 heavy (non-hydrogen) atoms. The van der Waals surface area contributed by atoms with E-state index in [2.05, 4.69) is 50.4 Å². The Labute approximate surface area is 105 Å². The third kappa shape index (κ3) is 5.33. The first-order valence-electron chi connectivity index (χ1n) is 6.42. The molecule has 0 aromatic heterocycles. The number of aryl methyl sites for hydroxylation is 1. The fourth-order valence-electron chi connectivity index (χ4n) is 1.95. The molecule has 1 aromatic rings. The van der Waals surface area contributed by atoms with Crippen molar-refractivity contribution < 1.29 is 4.74 Å². The van der Waals surface area contributed by atoms with Crippen LogP contribution in [-0.4, -0.2) is 26.3 Å². The number of methoxy groups -OCH3 is 1. The summed E-state index contributed by atoms with van der Waals surface area (Å²) in [6, 6.07) is 9.31. The van der Waals surface area contributed by atoms with Gasteiger partial charge < -0.3 is 10.1 Å². The molecule has 0 aliphatic rings. The van der Waals surface area contributed by atoms with Gasteiger partial charge >= 0.3 is 0 Å². The number of hydrogen-bond acceptors (Lipinski definition) is 2. The summed E-state index contributed by atoms with van der Waals surface area (Å²) >= 11 is 0. The quantitative estimate of drug-likeness (QED) is 0.784. The van der Waals surface area contributed by atoms with Gasteiger partial charge in [-0.05, 0) is 24.8 Å². The zero-order valence-corrected chi connectivity index (χ0v) is 11.5. The van der Waals surface area contributed by atoms with Gasteiger partial charge in [-0.2, -0.15) is 0 Å². The van der Waals surface area contributed by atoms with Gasteiger partial charge in [-0.15, -0.1) is 0 Å². The van der Waals surface area contributed by atoms with Crippen molar-refractivity contribution in [1.82, 2.24) is 5.32 Å². The first kappa shape index (κ1) is 14.2. The molecule has 0 aliphatic heterocycles. The highest BCUT2D eigenvalue weighted by Gasteiger charge is 2.11. The Balaban J connectivity index is 2.67. The molecule has 1 rings (SSSR count). The van der Waals surface area contributed by atoms with Crippen LogP contribution in [0.25, 0.3) is 0 Å². The molecule has 0 aliphatic carbocycles. The van der Waals surface area contributed by atoms with Gasteiger partial charge in [-0.1, -0.05) is 43.7 Å². The van der Waals surface area contributed by atoms with Gasteiger partial charge in [0.05, 0.1) is 0 Å². The van der Waals surface area contributed by atoms with Crippen molar-refractivity contribution in [2.75, 3.05) is 20.3 Å². The first-order valence-corrected chi connectivity index (χ1v) is 6.42. The van der Waals surface area contributed by atoms with Crippen molar-refractivity contribution in [3.63, 3.8) is 0 Å². The Morgan fingerprint density at radius 3 is 2.65 bits per heavy atom. The molecule has 96 valence electrons. The SMILES string of the molecule is COCCC(CNC(C)C)c1cccc(C)c1. The Morgan fingerprint density at radius 2 is 2.06 bits per heavy atom. The third-order valence-corrected chi connectivity index (χ3v) is 2.96. The lowest BCUT2D eigenvalue weighted by molar-refractivity contribution is 0.186. The van der Waals surface area contributed by atoms with E-state index in [0.29, 0.717) is 12.0 Å². The van der Waals surface area contributed by atoms with Crippen molar-refractivity contribution in [2.45, 2.75) is 39.2 Å². The molecule has 0 fully saturated rings. The van der Waals surface area contributed by atoms with Crippen molar-refractivity contribution in [3.05, 3.63) is 35.4 Å². The van der Waals surface area contributed by atoms with E-state index >= 15 is 0 Å². The van der Waals surface area contributed by atoms with E-state index in [0.717, 1.165) is 19.6 Å². The van der Waals surface area contributed by atoms with Gasteiger partial charge in [0, 0.05) is 26.3 Å². The summed E-state index contributed by atoms with van der Waals surface area (Å²) in [6.45, 7) is 8.35. The van der Waals surface area contributed by atoms with Crippen LogP contribution in [0.1, 0.15) is 37.3 Å². The molecule has 2 heteroatoms. The number of hydrogen-bond donors (Lipinski definition) is 1. The lowest BCUT2D eigenvalue weighted by atomic mass is 9.94. The van der Waals surface area contributed by atoms with Crippen LogP contribution in [0, 0.1) is 6.92 Å². The van der Waals surface area contributed by atoms with Gasteiger partial charge in [0.1, 0.15) is 0 Å². The van der Waals surface area contributed by atoms with Crippen LogP contribution in [0.2, 0.25) is 0 Å². The number of rotatable bonds is 7. The second-order valence-corrected chi connectivity index (χ2v) is 4.96. The lowest BCUT2D eigenvalue weighted by Gasteiger charge is -2.20. The maximum Gasteiger partial charge on any atom is 0.0468 e. The summed E-state index contributed by atoms with van der Waals surface area (Å²) in [4.78, 5) is 0. The van der Waals surface area contributed by atoms with Gasteiger partial charge in [0.2, 0.25) is 0 Å². The van der Waals surface area contributed by atoms with Crippen LogP contribution in [0.15, 0.2) is 24.3 Å². The molecular formula is C15H25NO. The van der Waals surface area contributed by atoms with Crippen LogP contribution in [-0.2, 0) is 4.74 Å². The molecule has 2 nitrogen and oxygen atoms in total. The van der Waals surface area contributed by atoms with Crippen LogP contribution < -0.4 is 5.32 Å². The molecule has 1 N–H and O–H groups in total. The van der Waals surface area contributed by atoms with Gasteiger partial charge in [-0.3, -0.25) is 0 Å². The maximum atomic E-state index is 5.20. The summed E-state index contributed by atoms with van der Waals surface area (Å²) in [5, 5.41) is 3.52. The molecule has 0 spiro atoms. The van der Waals surface area contributed by atoms with Gasteiger partial charge in [0.25, 0.3) is 0 Å². The smallest absolute Gasteiger partial charge is 0.0468 e. The molecule has 0 heterocycles. The van der Waals surface area contributed by atoms with E-state index in [9.17, 15) is 0 Å². The monoisotopic (exact) mass is 235 g/mol. The van der Waals surface area contributed by atoms with E-state index in [1.165, 1.54) is 11.1 Å². The van der Waals surface area contributed by atoms with Crippen molar-refractivity contribution in [2.24, 2.45) is 0 Å². The average Bonchev–Trinajstić information content (AvgIpc) is 2.29. The van der Waals surface area contributed by atoms with Crippen LogP contribution in [0.3, 0.4) is 0 Å². The molecule has 0 saturated carbocycles. The summed E-state index contributed by atoms with van der Waals surface area (Å²) in [7, 11) is 1.77. The Bertz CT molecular complexity index is 322. The van der Waals surface area contributed by atoms with E-state index in [-0.39, 0.29) is 0 Å². The molecular weight excluding hydrogens is 210 g/mol. The predicted octanol–water partition coefficient (Wildman–Crippen LogP) is 3.11. The van der Waals surface area contributed by atoms with E-state index in [1.807, 2.05) is 0 Å². The minimum Gasteiger partial charge on any atom is -0.385 e. The topological polar surface area (TPSA) is 21.3 Å². The van der Waals surface area contributed by atoms with Crippen molar-refractivity contribution >= 4 is 0 Å². The molecule has 1 atom stereocenters. The molecule has 0 amide bonds. The van der Waals surface area contributed by atoms with Crippen LogP contribution >= 0.6 is 0 Å². The summed E-state index contributed by atoms with van der Waals surface area (Å²) in [6.07, 6.45) is 1.07. The molecule has 1 aromatic carbocycles. The van der Waals surface area contributed by atoms with Crippen LogP contribution in [0.5, 0.6) is 0 Å². The lowest BCUT2D eigenvalue weighted by Crippen LogP contribution is -2.28. The second kappa shape index (κ2) is 7.46. The largest absolute Gasteiger partial charge is 0.385 e. The number of benzene rings is 1. The zero-order valence-electron chi connectivity index (χ0n) is 11.5. The van der Waals surface area contributed by atoms with Crippen molar-refractivity contribution in [3.8, 4) is 0 Å². The van der Waals surface area contributed by atoms with E-state index in [4.69, 9.17) is 4.74 Å². The highest BCUT2D eigenvalue weighted by atomic mass is 16.5. The van der Waals surface area contributed by atoms with E-state index in [1.54, 1.807) is 7.11 Å². The fourth-order valence-corrected chi connectivity index (χ4v) is 1.95. The first-order chi connectivity index (χ1) is 8.13. The van der Waals surface area contributed by atoms with Crippen LogP contribution in [0.4, 0.5) is 0 Å². The maximum absolute atomic E-state index is 5.20. The second-order valence-electron chi connectivity index (χ2n) is 4.96. The Hall–Kier alpha value is -0.860. The minimum atomic E-state index is 0.532. The van der Waals surface area contributed by atoms with Crippen molar-refractivity contribution in [1.29, 1.82) is 0 Å². The molecule has 0 saturated heterocycles. The summed E-state index contributed by atoms with van der Waals surface area (Å²) < 4.78 is 5.20. The number of ether oxygens (including phenoxy) is 1. The molecule has 0 bridgehead atoms. The standard InChI is InChI=1S/C15H25NO/c1-12(2)16-11-15(8-9-17-4)14-7-5-6-13(3)10-14/h5-7,10,12,15-16H,8-9,11H2,1-4H3. The average molecular weight is 235 g/mol. The summed E-state index contributed by atoms with van der Waals surface area (Å²) in [5.41, 5.74) is 2.74. The predicted molar refractivity (Wildman–Crippen MR) is 73.6 cm³/mol. The minimum absolute atomic E-state index is 0.532.